The van der Waals surface area contributed by atoms with Gasteiger partial charge in [-0.25, -0.2) is 8.42 Å². The number of halogens is 2. The second kappa shape index (κ2) is 8.50. The maximum absolute atomic E-state index is 13.0. The molecule has 0 aromatic heterocycles. The topological polar surface area (TPSA) is 66.5 Å². The molecule has 2 aromatic rings. The van der Waals surface area contributed by atoms with Crippen molar-refractivity contribution in [2.45, 2.75) is 33.2 Å². The zero-order valence-electron chi connectivity index (χ0n) is 15.6. The van der Waals surface area contributed by atoms with Crippen LogP contribution < -0.4 is 9.62 Å². The zero-order valence-corrected chi connectivity index (χ0v) is 17.9. The fourth-order valence-electron chi connectivity index (χ4n) is 2.94. The molecule has 27 heavy (non-hydrogen) atoms. The quantitative estimate of drug-likeness (QED) is 0.718. The lowest BCUT2D eigenvalue weighted by Gasteiger charge is -2.30. The molecule has 5 nitrogen and oxygen atoms in total. The van der Waals surface area contributed by atoms with Crippen LogP contribution >= 0.6 is 23.2 Å². The Labute approximate surface area is 170 Å². The van der Waals surface area contributed by atoms with E-state index in [1.165, 1.54) is 18.2 Å². The number of hydrogen-bond donors (Lipinski definition) is 1. The lowest BCUT2D eigenvalue weighted by molar-refractivity contribution is -0.117. The molecule has 0 aliphatic heterocycles. The van der Waals surface area contributed by atoms with E-state index in [0.29, 0.717) is 5.69 Å². The van der Waals surface area contributed by atoms with E-state index in [9.17, 15) is 13.2 Å². The van der Waals surface area contributed by atoms with Crippen LogP contribution in [0.5, 0.6) is 0 Å². The number of hydrogen-bond acceptors (Lipinski definition) is 3. The molecule has 0 fully saturated rings. The fourth-order valence-corrected chi connectivity index (χ4v) is 4.65. The van der Waals surface area contributed by atoms with Gasteiger partial charge in [0.05, 0.1) is 11.9 Å². The summed E-state index contributed by atoms with van der Waals surface area (Å²) in [5.41, 5.74) is 2.72. The van der Waals surface area contributed by atoms with Gasteiger partial charge < -0.3 is 5.32 Å². The van der Waals surface area contributed by atoms with Crippen LogP contribution in [0.25, 0.3) is 0 Å². The van der Waals surface area contributed by atoms with E-state index in [-0.39, 0.29) is 22.2 Å². The number of nitrogens with one attached hydrogen (secondary N) is 1. The van der Waals surface area contributed by atoms with Crippen molar-refractivity contribution in [2.24, 2.45) is 0 Å². The van der Waals surface area contributed by atoms with E-state index in [0.717, 1.165) is 21.7 Å². The Morgan fingerprint density at radius 2 is 1.63 bits per heavy atom. The Morgan fingerprint density at radius 1 is 1.11 bits per heavy atom. The number of aryl methyl sites for hydroxylation is 2. The Morgan fingerprint density at radius 3 is 2.07 bits per heavy atom. The first-order chi connectivity index (χ1) is 12.5. The molecule has 0 heterocycles. The van der Waals surface area contributed by atoms with Gasteiger partial charge in [0, 0.05) is 15.7 Å². The number of carbonyl (C=O) groups excluding carboxylic acids is 1. The highest BCUT2D eigenvalue weighted by molar-refractivity contribution is 7.92. The number of anilines is 2. The lowest BCUT2D eigenvalue weighted by atomic mass is 10.1. The molecule has 0 unspecified atom stereocenters. The monoisotopic (exact) mass is 428 g/mol. The van der Waals surface area contributed by atoms with Crippen LogP contribution in [0.2, 0.25) is 10.0 Å². The highest BCUT2D eigenvalue weighted by atomic mass is 35.5. The molecule has 0 radical (unpaired) electrons. The third-order valence-electron chi connectivity index (χ3n) is 4.16. The Kier molecular flexibility index (Phi) is 6.78. The molecular formula is C19H22Cl2N2O3S. The molecule has 0 aliphatic carbocycles. The molecule has 0 bridgehead atoms. The van der Waals surface area contributed by atoms with Crippen molar-refractivity contribution in [2.75, 3.05) is 15.9 Å². The van der Waals surface area contributed by atoms with Crippen LogP contribution in [0, 0.1) is 13.8 Å². The highest BCUT2D eigenvalue weighted by Gasteiger charge is 2.32. The van der Waals surface area contributed by atoms with Crippen molar-refractivity contribution < 1.29 is 13.2 Å². The van der Waals surface area contributed by atoms with E-state index in [2.05, 4.69) is 5.32 Å². The Hall–Kier alpha value is -1.76. The molecule has 146 valence electrons. The van der Waals surface area contributed by atoms with E-state index >= 15 is 0 Å². The van der Waals surface area contributed by atoms with Gasteiger partial charge in [0.15, 0.2) is 0 Å². The first-order valence-corrected chi connectivity index (χ1v) is 11.0. The Balaban J connectivity index is 2.48. The van der Waals surface area contributed by atoms with Gasteiger partial charge in [0.1, 0.15) is 6.04 Å². The third kappa shape index (κ3) is 5.15. The van der Waals surface area contributed by atoms with Gasteiger partial charge in [-0.2, -0.15) is 0 Å². The number of sulfonamides is 1. The van der Waals surface area contributed by atoms with Gasteiger partial charge in [-0.05, 0) is 49.6 Å². The third-order valence-corrected chi connectivity index (χ3v) is 5.78. The predicted molar refractivity (Wildman–Crippen MR) is 112 cm³/mol. The second-order valence-corrected chi connectivity index (χ2v) is 9.10. The largest absolute Gasteiger partial charge is 0.324 e. The average molecular weight is 429 g/mol. The van der Waals surface area contributed by atoms with Gasteiger partial charge >= 0.3 is 0 Å². The summed E-state index contributed by atoms with van der Waals surface area (Å²) in [4.78, 5) is 13.0. The van der Waals surface area contributed by atoms with E-state index < -0.39 is 22.0 Å². The summed E-state index contributed by atoms with van der Waals surface area (Å²) in [5.74, 6) is -0.420. The minimum Gasteiger partial charge on any atom is -0.324 e. The number of carbonyl (C=O) groups is 1. The standard InChI is InChI=1S/C19H22Cl2N2O3S/c1-5-17(19(24)22-18-12(2)7-6-8-13(18)3)23(27(4,25)26)16-10-14(20)9-15(21)11-16/h6-11,17H,5H2,1-4H3,(H,22,24)/t17-/m0/s1. The molecule has 0 aliphatic rings. The summed E-state index contributed by atoms with van der Waals surface area (Å²) in [7, 11) is -3.77. The van der Waals surface area contributed by atoms with E-state index in [4.69, 9.17) is 23.2 Å². The molecular weight excluding hydrogens is 407 g/mol. The molecule has 2 rings (SSSR count). The number of rotatable bonds is 6. The van der Waals surface area contributed by atoms with Crippen LogP contribution in [0.15, 0.2) is 36.4 Å². The van der Waals surface area contributed by atoms with Crippen LogP contribution in [0.1, 0.15) is 24.5 Å². The second-order valence-electron chi connectivity index (χ2n) is 6.37. The molecule has 0 saturated carbocycles. The number of nitrogens with zero attached hydrogens (tertiary/aromatic N) is 1. The number of para-hydroxylation sites is 1. The average Bonchev–Trinajstić information content (AvgIpc) is 2.53. The maximum Gasteiger partial charge on any atom is 0.248 e. The van der Waals surface area contributed by atoms with Crippen molar-refractivity contribution in [1.29, 1.82) is 0 Å². The molecule has 0 saturated heterocycles. The van der Waals surface area contributed by atoms with Crippen LogP contribution in [-0.2, 0) is 14.8 Å². The summed E-state index contributed by atoms with van der Waals surface area (Å²) >= 11 is 12.1. The van der Waals surface area contributed by atoms with Gasteiger partial charge in [-0.1, -0.05) is 48.3 Å². The van der Waals surface area contributed by atoms with Crippen LogP contribution in [0.4, 0.5) is 11.4 Å². The minimum absolute atomic E-state index is 0.249. The van der Waals surface area contributed by atoms with Crippen molar-refractivity contribution in [3.05, 3.63) is 57.6 Å². The minimum atomic E-state index is -3.77. The molecule has 0 spiro atoms. The summed E-state index contributed by atoms with van der Waals surface area (Å²) in [5, 5.41) is 3.45. The fraction of sp³-hybridized carbons (Fsp3) is 0.316. The molecule has 8 heteroatoms. The van der Waals surface area contributed by atoms with Crippen LogP contribution in [0.3, 0.4) is 0 Å². The molecule has 1 amide bonds. The number of benzene rings is 2. The first-order valence-electron chi connectivity index (χ1n) is 8.37. The first kappa shape index (κ1) is 21.5. The molecule has 1 atom stereocenters. The van der Waals surface area contributed by atoms with E-state index in [1.54, 1.807) is 6.92 Å². The summed E-state index contributed by atoms with van der Waals surface area (Å²) in [6, 6.07) is 9.17. The highest BCUT2D eigenvalue weighted by Crippen LogP contribution is 2.30. The van der Waals surface area contributed by atoms with Gasteiger partial charge in [-0.3, -0.25) is 9.10 Å². The van der Waals surface area contributed by atoms with Crippen molar-refractivity contribution in [1.82, 2.24) is 0 Å². The van der Waals surface area contributed by atoms with Crippen molar-refractivity contribution >= 4 is 50.5 Å². The number of amides is 1. The lowest BCUT2D eigenvalue weighted by Crippen LogP contribution is -2.47. The van der Waals surface area contributed by atoms with Gasteiger partial charge in [0.2, 0.25) is 15.9 Å². The SMILES string of the molecule is CC[C@@H](C(=O)Nc1c(C)cccc1C)N(c1cc(Cl)cc(Cl)c1)S(C)(=O)=O. The Bertz CT molecular complexity index is 921. The van der Waals surface area contributed by atoms with Gasteiger partial charge in [0.25, 0.3) is 0 Å². The molecule has 2 aromatic carbocycles. The summed E-state index contributed by atoms with van der Waals surface area (Å²) in [6.07, 6.45) is 1.32. The van der Waals surface area contributed by atoms with E-state index in [1.807, 2.05) is 32.0 Å². The van der Waals surface area contributed by atoms with Crippen molar-refractivity contribution in [3.63, 3.8) is 0 Å². The predicted octanol–water partition coefficient (Wildman–Crippen LogP) is 4.79. The smallest absolute Gasteiger partial charge is 0.248 e. The van der Waals surface area contributed by atoms with Crippen molar-refractivity contribution in [3.8, 4) is 0 Å². The summed E-state index contributed by atoms with van der Waals surface area (Å²) < 4.78 is 26.1. The maximum atomic E-state index is 13.0. The molecule has 1 N–H and O–H groups in total. The normalized spacial score (nSPS) is 12.5. The summed E-state index contributed by atoms with van der Waals surface area (Å²) in [6.45, 7) is 5.52. The van der Waals surface area contributed by atoms with Crippen LogP contribution in [-0.4, -0.2) is 26.6 Å². The van der Waals surface area contributed by atoms with Gasteiger partial charge in [-0.15, -0.1) is 0 Å². The zero-order chi connectivity index (χ0) is 20.4.